The standard InChI is InChI=1S/C23H26N2O2/c1-5-20(16-8-6-9-19(12-16)27-4)21-10-7-11-24-22(21)25-17-13-18(26)15-23(2,3)14-17/h5-13H,14-15H2,1-4H3,(H,24,25)/b20-5+. The Bertz CT molecular complexity index is 910. The van der Waals surface area contributed by atoms with Crippen LogP contribution in [0.3, 0.4) is 0 Å². The summed E-state index contributed by atoms with van der Waals surface area (Å²) >= 11 is 0. The molecule has 0 unspecified atom stereocenters. The van der Waals surface area contributed by atoms with Crippen LogP contribution >= 0.6 is 0 Å². The van der Waals surface area contributed by atoms with E-state index in [1.54, 1.807) is 19.4 Å². The molecule has 1 aromatic heterocycles. The summed E-state index contributed by atoms with van der Waals surface area (Å²) in [5.41, 5.74) is 3.98. The van der Waals surface area contributed by atoms with Crippen molar-refractivity contribution in [3.05, 3.63) is 71.6 Å². The zero-order valence-electron chi connectivity index (χ0n) is 16.4. The number of allylic oxidation sites excluding steroid dienone is 3. The van der Waals surface area contributed by atoms with Crippen molar-refractivity contribution in [2.75, 3.05) is 12.4 Å². The number of aromatic nitrogens is 1. The second-order valence-corrected chi connectivity index (χ2v) is 7.61. The van der Waals surface area contributed by atoms with Crippen LogP contribution in [-0.4, -0.2) is 17.9 Å². The average Bonchev–Trinajstić information content (AvgIpc) is 2.62. The minimum Gasteiger partial charge on any atom is -0.497 e. The van der Waals surface area contributed by atoms with Crippen LogP contribution in [0.4, 0.5) is 5.82 Å². The number of methoxy groups -OCH3 is 1. The van der Waals surface area contributed by atoms with Crippen LogP contribution in [0.5, 0.6) is 5.75 Å². The molecular weight excluding hydrogens is 336 g/mol. The van der Waals surface area contributed by atoms with Gasteiger partial charge in [-0.2, -0.15) is 0 Å². The Labute approximate surface area is 161 Å². The molecule has 27 heavy (non-hydrogen) atoms. The number of ketones is 1. The van der Waals surface area contributed by atoms with Crippen LogP contribution in [0.25, 0.3) is 5.57 Å². The van der Waals surface area contributed by atoms with E-state index in [0.29, 0.717) is 6.42 Å². The quantitative estimate of drug-likeness (QED) is 0.791. The normalized spacial score (nSPS) is 16.7. The van der Waals surface area contributed by atoms with Gasteiger partial charge in [0.15, 0.2) is 5.78 Å². The number of ether oxygens (including phenoxy) is 1. The summed E-state index contributed by atoms with van der Waals surface area (Å²) in [6.07, 6.45) is 6.95. The smallest absolute Gasteiger partial charge is 0.157 e. The van der Waals surface area contributed by atoms with E-state index in [1.807, 2.05) is 37.3 Å². The number of hydrogen-bond acceptors (Lipinski definition) is 4. The molecule has 0 saturated heterocycles. The van der Waals surface area contributed by atoms with E-state index < -0.39 is 0 Å². The molecule has 0 radical (unpaired) electrons. The van der Waals surface area contributed by atoms with Gasteiger partial charge in [0, 0.05) is 30.0 Å². The second-order valence-electron chi connectivity index (χ2n) is 7.61. The number of hydrogen-bond donors (Lipinski definition) is 1. The largest absolute Gasteiger partial charge is 0.497 e. The lowest BCUT2D eigenvalue weighted by Gasteiger charge is -2.29. The number of carbonyl (C=O) groups is 1. The highest BCUT2D eigenvalue weighted by molar-refractivity contribution is 5.93. The Morgan fingerprint density at radius 1 is 1.22 bits per heavy atom. The van der Waals surface area contributed by atoms with Crippen molar-refractivity contribution in [3.8, 4) is 5.75 Å². The minimum absolute atomic E-state index is 0.0423. The Hall–Kier alpha value is -2.88. The van der Waals surface area contributed by atoms with Crippen molar-refractivity contribution < 1.29 is 9.53 Å². The molecule has 1 N–H and O–H groups in total. The van der Waals surface area contributed by atoms with Gasteiger partial charge in [-0.3, -0.25) is 4.79 Å². The molecule has 0 fully saturated rings. The fraction of sp³-hybridized carbons (Fsp3) is 0.304. The third-order valence-corrected chi connectivity index (χ3v) is 4.70. The molecule has 0 spiro atoms. The van der Waals surface area contributed by atoms with Gasteiger partial charge in [-0.25, -0.2) is 4.98 Å². The molecule has 140 valence electrons. The average molecular weight is 362 g/mol. The van der Waals surface area contributed by atoms with Gasteiger partial charge in [-0.05, 0) is 54.2 Å². The molecule has 0 atom stereocenters. The van der Waals surface area contributed by atoms with E-state index in [1.165, 1.54) is 0 Å². The van der Waals surface area contributed by atoms with Gasteiger partial charge in [0.2, 0.25) is 0 Å². The number of pyridine rings is 1. The minimum atomic E-state index is -0.0423. The summed E-state index contributed by atoms with van der Waals surface area (Å²) in [5.74, 6) is 1.73. The second kappa shape index (κ2) is 7.78. The number of anilines is 1. The Kier molecular flexibility index (Phi) is 5.45. The maximum atomic E-state index is 12.1. The van der Waals surface area contributed by atoms with E-state index >= 15 is 0 Å². The highest BCUT2D eigenvalue weighted by atomic mass is 16.5. The van der Waals surface area contributed by atoms with Crippen LogP contribution in [0.15, 0.2) is 60.4 Å². The van der Waals surface area contributed by atoms with Gasteiger partial charge in [-0.1, -0.05) is 32.1 Å². The third-order valence-electron chi connectivity index (χ3n) is 4.70. The zero-order valence-corrected chi connectivity index (χ0v) is 16.4. The summed E-state index contributed by atoms with van der Waals surface area (Å²) in [4.78, 5) is 16.6. The lowest BCUT2D eigenvalue weighted by atomic mass is 9.79. The van der Waals surface area contributed by atoms with Crippen LogP contribution < -0.4 is 10.1 Å². The first-order valence-corrected chi connectivity index (χ1v) is 9.18. The van der Waals surface area contributed by atoms with Crippen LogP contribution in [0, 0.1) is 5.41 Å². The molecule has 1 heterocycles. The number of nitrogens with one attached hydrogen (secondary N) is 1. The Balaban J connectivity index is 1.97. The summed E-state index contributed by atoms with van der Waals surface area (Å²) in [7, 11) is 1.67. The van der Waals surface area contributed by atoms with E-state index in [0.717, 1.165) is 40.4 Å². The van der Waals surface area contributed by atoms with Crippen molar-refractivity contribution in [2.45, 2.75) is 33.6 Å². The van der Waals surface area contributed by atoms with Gasteiger partial charge in [0.05, 0.1) is 7.11 Å². The first-order chi connectivity index (χ1) is 12.9. The van der Waals surface area contributed by atoms with E-state index in [9.17, 15) is 4.79 Å². The summed E-state index contributed by atoms with van der Waals surface area (Å²) < 4.78 is 5.37. The molecular formula is C23H26N2O2. The molecule has 4 nitrogen and oxygen atoms in total. The lowest BCUT2D eigenvalue weighted by Crippen LogP contribution is -2.24. The Morgan fingerprint density at radius 3 is 2.74 bits per heavy atom. The van der Waals surface area contributed by atoms with E-state index in [2.05, 4.69) is 36.3 Å². The monoisotopic (exact) mass is 362 g/mol. The van der Waals surface area contributed by atoms with Crippen molar-refractivity contribution in [3.63, 3.8) is 0 Å². The van der Waals surface area contributed by atoms with Gasteiger partial charge < -0.3 is 10.1 Å². The molecule has 4 heteroatoms. The van der Waals surface area contributed by atoms with Gasteiger partial charge in [0.1, 0.15) is 11.6 Å². The van der Waals surface area contributed by atoms with Gasteiger partial charge >= 0.3 is 0 Å². The van der Waals surface area contributed by atoms with Crippen LogP contribution in [0.1, 0.15) is 44.7 Å². The Morgan fingerprint density at radius 2 is 2.04 bits per heavy atom. The van der Waals surface area contributed by atoms with Crippen molar-refractivity contribution in [1.82, 2.24) is 4.98 Å². The van der Waals surface area contributed by atoms with Crippen molar-refractivity contribution in [2.24, 2.45) is 5.41 Å². The molecule has 0 bridgehead atoms. The summed E-state index contributed by atoms with van der Waals surface area (Å²) in [6, 6.07) is 11.9. The fourth-order valence-electron chi connectivity index (χ4n) is 3.57. The first kappa shape index (κ1) is 18.9. The molecule has 0 saturated carbocycles. The first-order valence-electron chi connectivity index (χ1n) is 9.18. The highest BCUT2D eigenvalue weighted by Crippen LogP contribution is 2.36. The molecule has 1 aliphatic rings. The van der Waals surface area contributed by atoms with E-state index in [-0.39, 0.29) is 11.2 Å². The third kappa shape index (κ3) is 4.45. The fourth-order valence-corrected chi connectivity index (χ4v) is 3.57. The molecule has 1 aliphatic carbocycles. The van der Waals surface area contributed by atoms with Gasteiger partial charge in [-0.15, -0.1) is 0 Å². The zero-order chi connectivity index (χ0) is 19.4. The predicted molar refractivity (Wildman–Crippen MR) is 110 cm³/mol. The molecule has 2 aromatic rings. The van der Waals surface area contributed by atoms with Gasteiger partial charge in [0.25, 0.3) is 0 Å². The molecule has 1 aromatic carbocycles. The number of carbonyl (C=O) groups excluding carboxylic acids is 1. The van der Waals surface area contributed by atoms with E-state index in [4.69, 9.17) is 4.74 Å². The molecule has 0 aliphatic heterocycles. The van der Waals surface area contributed by atoms with Crippen molar-refractivity contribution >= 4 is 17.2 Å². The number of nitrogens with zero attached hydrogens (tertiary/aromatic N) is 1. The number of benzene rings is 1. The summed E-state index contributed by atoms with van der Waals surface area (Å²) in [6.45, 7) is 6.25. The topological polar surface area (TPSA) is 51.2 Å². The summed E-state index contributed by atoms with van der Waals surface area (Å²) in [5, 5.41) is 3.41. The molecule has 0 amide bonds. The maximum Gasteiger partial charge on any atom is 0.157 e. The lowest BCUT2D eigenvalue weighted by molar-refractivity contribution is -0.117. The predicted octanol–water partition coefficient (Wildman–Crippen LogP) is 5.23. The van der Waals surface area contributed by atoms with Crippen molar-refractivity contribution in [1.29, 1.82) is 0 Å². The molecule has 3 rings (SSSR count). The number of rotatable bonds is 5. The maximum absolute atomic E-state index is 12.1. The SMILES string of the molecule is C/C=C(\c1cccc(OC)c1)c1cccnc1NC1=CC(=O)CC(C)(C)C1. The van der Waals surface area contributed by atoms with Crippen LogP contribution in [-0.2, 0) is 4.79 Å². The van der Waals surface area contributed by atoms with Crippen LogP contribution in [0.2, 0.25) is 0 Å². The highest BCUT2D eigenvalue weighted by Gasteiger charge is 2.28.